The van der Waals surface area contributed by atoms with Gasteiger partial charge in [0.1, 0.15) is 11.9 Å². The zero-order valence-electron chi connectivity index (χ0n) is 14.7. The van der Waals surface area contributed by atoms with Crippen LogP contribution < -0.4 is 5.32 Å². The Bertz CT molecular complexity index is 887. The van der Waals surface area contributed by atoms with Crippen LogP contribution in [0.15, 0.2) is 62.4 Å². The number of aromatic hydroxyl groups is 1. The molecule has 0 aliphatic carbocycles. The van der Waals surface area contributed by atoms with Crippen molar-refractivity contribution in [2.75, 3.05) is 11.6 Å². The van der Waals surface area contributed by atoms with Crippen molar-refractivity contribution in [3.8, 4) is 5.75 Å². The van der Waals surface area contributed by atoms with E-state index in [2.05, 4.69) is 37.2 Å². The van der Waals surface area contributed by atoms with Crippen LogP contribution >= 0.6 is 43.6 Å². The fraction of sp³-hybridized carbons (Fsp3) is 0.158. The van der Waals surface area contributed by atoms with E-state index in [1.807, 2.05) is 18.4 Å². The molecule has 2 aromatic rings. The van der Waals surface area contributed by atoms with Crippen molar-refractivity contribution in [3.63, 3.8) is 0 Å². The van der Waals surface area contributed by atoms with Crippen molar-refractivity contribution in [1.82, 2.24) is 0 Å². The van der Waals surface area contributed by atoms with Crippen LogP contribution in [0.4, 0.5) is 10.5 Å². The lowest BCUT2D eigenvalue weighted by Crippen LogP contribution is -2.17. The number of amides is 1. The fourth-order valence-corrected chi connectivity index (χ4v) is 3.98. The molecule has 0 heterocycles. The number of halogens is 2. The Morgan fingerprint density at radius 3 is 2.54 bits per heavy atom. The maximum absolute atomic E-state index is 12.3. The van der Waals surface area contributed by atoms with E-state index >= 15 is 0 Å². The van der Waals surface area contributed by atoms with E-state index in [9.17, 15) is 14.7 Å². The molecule has 2 aromatic carbocycles. The normalized spacial score (nSPS) is 12.0. The van der Waals surface area contributed by atoms with Gasteiger partial charge in [-0.3, -0.25) is 5.32 Å². The third-order valence-corrected chi connectivity index (χ3v) is 5.41. The Morgan fingerprint density at radius 1 is 1.25 bits per heavy atom. The summed E-state index contributed by atoms with van der Waals surface area (Å²) >= 11 is 8.15. The lowest BCUT2D eigenvalue weighted by Gasteiger charge is -2.19. The molecule has 0 fully saturated rings. The third-order valence-electron chi connectivity index (χ3n) is 3.60. The van der Waals surface area contributed by atoms with Crippen LogP contribution in [0.25, 0.3) is 0 Å². The summed E-state index contributed by atoms with van der Waals surface area (Å²) in [6.07, 6.45) is 2.73. The van der Waals surface area contributed by atoms with Crippen LogP contribution in [-0.2, 0) is 9.53 Å². The van der Waals surface area contributed by atoms with E-state index in [0.29, 0.717) is 20.2 Å². The SMILES string of the molecule is CSc1ccc(NC(=O)O[C@H](C/C=C/C(=O)O)c2cc(Br)cc(Br)c2O)cc1. The zero-order chi connectivity index (χ0) is 20.7. The number of carbonyl (C=O) groups is 2. The van der Waals surface area contributed by atoms with E-state index in [4.69, 9.17) is 9.84 Å². The number of carboxylic acid groups (broad SMARTS) is 1. The maximum Gasteiger partial charge on any atom is 0.412 e. The van der Waals surface area contributed by atoms with Gasteiger partial charge in [-0.05, 0) is 58.6 Å². The Balaban J connectivity index is 2.21. The molecule has 3 N–H and O–H groups in total. The van der Waals surface area contributed by atoms with Crippen molar-refractivity contribution in [2.45, 2.75) is 17.4 Å². The van der Waals surface area contributed by atoms with Crippen molar-refractivity contribution >= 4 is 61.4 Å². The third kappa shape index (κ3) is 6.57. The molecule has 9 heteroatoms. The van der Waals surface area contributed by atoms with Crippen LogP contribution in [0.5, 0.6) is 5.75 Å². The monoisotopic (exact) mass is 529 g/mol. The number of benzene rings is 2. The highest BCUT2D eigenvalue weighted by Gasteiger charge is 2.21. The van der Waals surface area contributed by atoms with Crippen molar-refractivity contribution in [3.05, 3.63) is 63.1 Å². The Labute approximate surface area is 183 Å². The summed E-state index contributed by atoms with van der Waals surface area (Å²) in [7, 11) is 0. The highest BCUT2D eigenvalue weighted by Crippen LogP contribution is 2.38. The van der Waals surface area contributed by atoms with E-state index in [-0.39, 0.29) is 12.2 Å². The Kier molecular flexibility index (Phi) is 8.40. The highest BCUT2D eigenvalue weighted by atomic mass is 79.9. The quantitative estimate of drug-likeness (QED) is 0.302. The Morgan fingerprint density at radius 2 is 1.93 bits per heavy atom. The summed E-state index contributed by atoms with van der Waals surface area (Å²) in [6.45, 7) is 0. The molecule has 0 radical (unpaired) electrons. The molecule has 1 amide bonds. The van der Waals surface area contributed by atoms with E-state index in [1.165, 1.54) is 6.08 Å². The molecule has 0 saturated heterocycles. The van der Waals surface area contributed by atoms with Crippen molar-refractivity contribution in [1.29, 1.82) is 0 Å². The van der Waals surface area contributed by atoms with Gasteiger partial charge in [-0.1, -0.05) is 22.0 Å². The summed E-state index contributed by atoms with van der Waals surface area (Å²) in [5, 5.41) is 21.8. The molecule has 0 aliphatic rings. The predicted molar refractivity (Wildman–Crippen MR) is 116 cm³/mol. The first kappa shape index (κ1) is 22.3. The van der Waals surface area contributed by atoms with Gasteiger partial charge in [0, 0.05) is 33.1 Å². The molecule has 0 aliphatic heterocycles. The summed E-state index contributed by atoms with van der Waals surface area (Å²) in [6, 6.07) is 10.5. The summed E-state index contributed by atoms with van der Waals surface area (Å²) < 4.78 is 6.55. The first-order valence-corrected chi connectivity index (χ1v) is 10.8. The number of anilines is 1. The van der Waals surface area contributed by atoms with Crippen LogP contribution in [0.1, 0.15) is 18.1 Å². The molecule has 2 rings (SSSR count). The predicted octanol–water partition coefficient (Wildman–Crippen LogP) is 5.96. The minimum absolute atomic E-state index is 0.0710. The molecule has 0 bridgehead atoms. The smallest absolute Gasteiger partial charge is 0.412 e. The van der Waals surface area contributed by atoms with Gasteiger partial charge in [0.15, 0.2) is 0 Å². The zero-order valence-corrected chi connectivity index (χ0v) is 18.7. The highest BCUT2D eigenvalue weighted by molar-refractivity contribution is 9.11. The van der Waals surface area contributed by atoms with E-state index < -0.39 is 18.2 Å². The molecule has 148 valence electrons. The molecule has 6 nitrogen and oxygen atoms in total. The van der Waals surface area contributed by atoms with Crippen LogP contribution in [0.3, 0.4) is 0 Å². The van der Waals surface area contributed by atoms with Gasteiger partial charge in [-0.15, -0.1) is 11.8 Å². The molecular weight excluding hydrogens is 514 g/mol. The maximum atomic E-state index is 12.3. The van der Waals surface area contributed by atoms with Crippen molar-refractivity contribution in [2.24, 2.45) is 0 Å². The number of nitrogens with one attached hydrogen (secondary N) is 1. The first-order valence-electron chi connectivity index (χ1n) is 7.99. The summed E-state index contributed by atoms with van der Waals surface area (Å²) in [5.74, 6) is -1.20. The minimum Gasteiger partial charge on any atom is -0.506 e. The number of carboxylic acids is 1. The van der Waals surface area contributed by atoms with E-state index in [0.717, 1.165) is 11.0 Å². The lowest BCUT2D eigenvalue weighted by molar-refractivity contribution is -0.131. The van der Waals surface area contributed by atoms with Gasteiger partial charge in [0.25, 0.3) is 0 Å². The topological polar surface area (TPSA) is 95.9 Å². The number of hydrogen-bond donors (Lipinski definition) is 3. The average Bonchev–Trinajstić information content (AvgIpc) is 2.64. The Hall–Kier alpha value is -1.97. The molecule has 28 heavy (non-hydrogen) atoms. The number of rotatable bonds is 7. The minimum atomic E-state index is -1.11. The second-order valence-corrected chi connectivity index (χ2v) is 8.20. The van der Waals surface area contributed by atoms with E-state index in [1.54, 1.807) is 36.0 Å². The largest absolute Gasteiger partial charge is 0.506 e. The molecular formula is C19H17Br2NO5S. The molecule has 0 saturated carbocycles. The van der Waals surface area contributed by atoms with Crippen LogP contribution in [-0.4, -0.2) is 28.5 Å². The second-order valence-electron chi connectivity index (χ2n) is 5.55. The van der Waals surface area contributed by atoms with Crippen LogP contribution in [0.2, 0.25) is 0 Å². The molecule has 0 unspecified atom stereocenters. The van der Waals surface area contributed by atoms with Crippen molar-refractivity contribution < 1.29 is 24.5 Å². The average molecular weight is 531 g/mol. The summed E-state index contributed by atoms with van der Waals surface area (Å²) in [4.78, 5) is 24.1. The van der Waals surface area contributed by atoms with Gasteiger partial charge in [-0.2, -0.15) is 0 Å². The first-order chi connectivity index (χ1) is 13.3. The standard InChI is InChI=1S/C19H17Br2NO5S/c1-28-13-7-5-12(6-8-13)22-19(26)27-16(3-2-4-17(23)24)14-9-11(20)10-15(21)18(14)25/h2,4-10,16,25H,3H2,1H3,(H,22,26)(H,23,24)/b4-2+/t16-/m1/s1. The van der Waals surface area contributed by atoms with Crippen LogP contribution in [0, 0.1) is 0 Å². The fourth-order valence-electron chi connectivity index (χ4n) is 2.31. The van der Waals surface area contributed by atoms with Gasteiger partial charge < -0.3 is 14.9 Å². The number of phenolic OH excluding ortho intramolecular Hbond substituents is 1. The van der Waals surface area contributed by atoms with Gasteiger partial charge in [0.05, 0.1) is 4.47 Å². The van der Waals surface area contributed by atoms with Gasteiger partial charge in [0.2, 0.25) is 0 Å². The van der Waals surface area contributed by atoms with Gasteiger partial charge >= 0.3 is 12.1 Å². The lowest BCUT2D eigenvalue weighted by atomic mass is 10.0. The molecule has 0 spiro atoms. The summed E-state index contributed by atoms with van der Waals surface area (Å²) in [5.41, 5.74) is 0.895. The molecule has 0 aromatic heterocycles. The number of aliphatic carboxylic acids is 1. The molecule has 1 atom stereocenters. The number of hydrogen-bond acceptors (Lipinski definition) is 5. The van der Waals surface area contributed by atoms with Gasteiger partial charge in [-0.25, -0.2) is 9.59 Å². The number of thioether (sulfide) groups is 1. The number of carbonyl (C=O) groups excluding carboxylic acids is 1. The number of phenols is 1. The second kappa shape index (κ2) is 10.5. The number of ether oxygens (including phenoxy) is 1.